The zero-order valence-electron chi connectivity index (χ0n) is 10.3. The summed E-state index contributed by atoms with van der Waals surface area (Å²) < 4.78 is 12.9. The Bertz CT molecular complexity index is 398. The van der Waals surface area contributed by atoms with Gasteiger partial charge < -0.3 is 10.2 Å². The predicted molar refractivity (Wildman–Crippen MR) is 66.0 cm³/mol. The number of benzene rings is 1. The molecule has 0 heterocycles. The Balaban J connectivity index is 2.59. The number of hydrogen-bond acceptors (Lipinski definition) is 3. The van der Waals surface area contributed by atoms with Gasteiger partial charge in [0.2, 0.25) is 0 Å². The van der Waals surface area contributed by atoms with E-state index < -0.39 is 0 Å². The zero-order chi connectivity index (χ0) is 12.7. The van der Waals surface area contributed by atoms with Crippen molar-refractivity contribution in [2.24, 2.45) is 0 Å². The Hall–Kier alpha value is -1.44. The normalized spacial score (nSPS) is 10.5. The maximum Gasteiger partial charge on any atom is 0.124 e. The molecule has 1 aromatic rings. The van der Waals surface area contributed by atoms with Crippen LogP contribution in [0.15, 0.2) is 18.2 Å². The molecule has 3 nitrogen and oxygen atoms in total. The fraction of sp³-hybridized carbons (Fsp3) is 0.462. The second kappa shape index (κ2) is 7.00. The fourth-order valence-corrected chi connectivity index (χ4v) is 1.69. The van der Waals surface area contributed by atoms with Crippen molar-refractivity contribution in [2.45, 2.75) is 13.0 Å². The highest BCUT2D eigenvalue weighted by atomic mass is 19.1. The van der Waals surface area contributed by atoms with Crippen molar-refractivity contribution in [2.75, 3.05) is 27.2 Å². The standard InChI is InChI=1S/C13H18FN3/c1-16-6-3-7-17(2)10-11-4-5-13(14)8-12(11)9-15/h4-5,8,16H,3,6-7,10H2,1-2H3. The van der Waals surface area contributed by atoms with E-state index >= 15 is 0 Å². The summed E-state index contributed by atoms with van der Waals surface area (Å²) >= 11 is 0. The van der Waals surface area contributed by atoms with Crippen molar-refractivity contribution >= 4 is 0 Å². The van der Waals surface area contributed by atoms with Gasteiger partial charge in [0.15, 0.2) is 0 Å². The first kappa shape index (κ1) is 13.6. The Morgan fingerprint density at radius 1 is 1.47 bits per heavy atom. The molecule has 0 saturated heterocycles. The summed E-state index contributed by atoms with van der Waals surface area (Å²) in [4.78, 5) is 2.13. The van der Waals surface area contributed by atoms with Gasteiger partial charge >= 0.3 is 0 Å². The molecule has 0 spiro atoms. The van der Waals surface area contributed by atoms with Crippen LogP contribution < -0.4 is 5.32 Å². The first-order valence-electron chi connectivity index (χ1n) is 5.69. The van der Waals surface area contributed by atoms with Gasteiger partial charge in [-0.1, -0.05) is 6.07 Å². The molecule has 0 atom stereocenters. The fourth-order valence-electron chi connectivity index (χ4n) is 1.69. The molecule has 1 N–H and O–H groups in total. The summed E-state index contributed by atoms with van der Waals surface area (Å²) in [7, 11) is 3.92. The Morgan fingerprint density at radius 3 is 2.88 bits per heavy atom. The van der Waals surface area contributed by atoms with E-state index in [0.717, 1.165) is 25.1 Å². The van der Waals surface area contributed by atoms with Crippen LogP contribution in [0.5, 0.6) is 0 Å². The van der Waals surface area contributed by atoms with Crippen LogP contribution in [0.2, 0.25) is 0 Å². The number of halogens is 1. The number of rotatable bonds is 6. The third-order valence-electron chi connectivity index (χ3n) is 2.60. The maximum absolute atomic E-state index is 12.9. The van der Waals surface area contributed by atoms with Crippen LogP contribution in [0.4, 0.5) is 4.39 Å². The summed E-state index contributed by atoms with van der Waals surface area (Å²) in [6.07, 6.45) is 1.05. The van der Waals surface area contributed by atoms with Crippen LogP contribution in [0.3, 0.4) is 0 Å². The van der Waals surface area contributed by atoms with E-state index in [1.165, 1.54) is 12.1 Å². The second-order valence-electron chi connectivity index (χ2n) is 4.11. The largest absolute Gasteiger partial charge is 0.320 e. The third kappa shape index (κ3) is 4.51. The van der Waals surface area contributed by atoms with Crippen LogP contribution in [-0.4, -0.2) is 32.1 Å². The van der Waals surface area contributed by atoms with E-state index in [2.05, 4.69) is 10.2 Å². The highest BCUT2D eigenvalue weighted by molar-refractivity contribution is 5.37. The zero-order valence-corrected chi connectivity index (χ0v) is 10.3. The summed E-state index contributed by atoms with van der Waals surface area (Å²) in [6.45, 7) is 2.59. The highest BCUT2D eigenvalue weighted by Gasteiger charge is 2.06. The molecule has 1 aromatic carbocycles. The predicted octanol–water partition coefficient (Wildman–Crippen LogP) is 1.74. The van der Waals surface area contributed by atoms with Gasteiger partial charge in [0.1, 0.15) is 5.82 Å². The lowest BCUT2D eigenvalue weighted by Gasteiger charge is -2.17. The lowest BCUT2D eigenvalue weighted by Crippen LogP contribution is -2.22. The van der Waals surface area contributed by atoms with Crippen molar-refractivity contribution in [3.05, 3.63) is 35.1 Å². The van der Waals surface area contributed by atoms with Crippen molar-refractivity contribution in [3.8, 4) is 6.07 Å². The van der Waals surface area contributed by atoms with E-state index in [9.17, 15) is 4.39 Å². The first-order valence-corrected chi connectivity index (χ1v) is 5.69. The van der Waals surface area contributed by atoms with Gasteiger partial charge in [-0.3, -0.25) is 0 Å². The second-order valence-corrected chi connectivity index (χ2v) is 4.11. The molecule has 92 valence electrons. The Kier molecular flexibility index (Phi) is 5.61. The van der Waals surface area contributed by atoms with Gasteiger partial charge in [0, 0.05) is 6.54 Å². The van der Waals surface area contributed by atoms with Crippen molar-refractivity contribution in [3.63, 3.8) is 0 Å². The van der Waals surface area contributed by atoms with Crippen molar-refractivity contribution in [1.82, 2.24) is 10.2 Å². The van der Waals surface area contributed by atoms with Gasteiger partial charge in [0.25, 0.3) is 0 Å². The van der Waals surface area contributed by atoms with Gasteiger partial charge in [-0.25, -0.2) is 4.39 Å². The Morgan fingerprint density at radius 2 is 2.24 bits per heavy atom. The van der Waals surface area contributed by atoms with Crippen molar-refractivity contribution < 1.29 is 4.39 Å². The first-order chi connectivity index (χ1) is 8.17. The molecule has 4 heteroatoms. The smallest absolute Gasteiger partial charge is 0.124 e. The molecule has 0 fully saturated rings. The van der Waals surface area contributed by atoms with E-state index in [1.54, 1.807) is 6.07 Å². The molecule has 0 aliphatic carbocycles. The SMILES string of the molecule is CNCCCN(C)Cc1ccc(F)cc1C#N. The molecule has 0 unspecified atom stereocenters. The monoisotopic (exact) mass is 235 g/mol. The average molecular weight is 235 g/mol. The molecule has 0 radical (unpaired) electrons. The quantitative estimate of drug-likeness (QED) is 0.763. The molecule has 0 aliphatic heterocycles. The highest BCUT2D eigenvalue weighted by Crippen LogP contribution is 2.12. The number of hydrogen-bond donors (Lipinski definition) is 1. The summed E-state index contributed by atoms with van der Waals surface area (Å²) in [5.74, 6) is -0.358. The lowest BCUT2D eigenvalue weighted by molar-refractivity contribution is 0.320. The van der Waals surface area contributed by atoms with Crippen LogP contribution in [0.25, 0.3) is 0 Å². The molecule has 1 rings (SSSR count). The minimum atomic E-state index is -0.358. The average Bonchev–Trinajstić information content (AvgIpc) is 2.32. The van der Waals surface area contributed by atoms with Gasteiger partial charge in [0.05, 0.1) is 11.6 Å². The van der Waals surface area contributed by atoms with Crippen LogP contribution in [-0.2, 0) is 6.54 Å². The van der Waals surface area contributed by atoms with Gasteiger partial charge in [-0.05, 0) is 51.3 Å². The summed E-state index contributed by atoms with van der Waals surface area (Å²) in [5, 5.41) is 12.0. The van der Waals surface area contributed by atoms with Crippen LogP contribution in [0.1, 0.15) is 17.5 Å². The van der Waals surface area contributed by atoms with Crippen LogP contribution in [0, 0.1) is 17.1 Å². The third-order valence-corrected chi connectivity index (χ3v) is 2.60. The van der Waals surface area contributed by atoms with E-state index in [0.29, 0.717) is 12.1 Å². The maximum atomic E-state index is 12.9. The topological polar surface area (TPSA) is 39.1 Å². The molecule has 0 amide bonds. The van der Waals surface area contributed by atoms with Gasteiger partial charge in [-0.15, -0.1) is 0 Å². The van der Waals surface area contributed by atoms with Crippen LogP contribution >= 0.6 is 0 Å². The lowest BCUT2D eigenvalue weighted by atomic mass is 10.1. The molecule has 0 saturated carbocycles. The molecule has 17 heavy (non-hydrogen) atoms. The van der Waals surface area contributed by atoms with Crippen molar-refractivity contribution in [1.29, 1.82) is 5.26 Å². The molecular formula is C13H18FN3. The minimum Gasteiger partial charge on any atom is -0.320 e. The molecule has 0 aromatic heterocycles. The van der Waals surface area contributed by atoms with E-state index in [4.69, 9.17) is 5.26 Å². The van der Waals surface area contributed by atoms with E-state index in [1.807, 2.05) is 20.2 Å². The number of nitriles is 1. The number of nitrogens with zero attached hydrogens (tertiary/aromatic N) is 2. The summed E-state index contributed by atoms with van der Waals surface area (Å²) in [6, 6.07) is 6.40. The number of nitrogens with one attached hydrogen (secondary N) is 1. The molecule has 0 aliphatic rings. The Labute approximate surface area is 102 Å². The molecular weight excluding hydrogens is 217 g/mol. The minimum absolute atomic E-state index is 0.358. The summed E-state index contributed by atoms with van der Waals surface area (Å²) in [5.41, 5.74) is 1.30. The van der Waals surface area contributed by atoms with E-state index in [-0.39, 0.29) is 5.82 Å². The molecule has 0 bridgehead atoms. The van der Waals surface area contributed by atoms with Gasteiger partial charge in [-0.2, -0.15) is 5.26 Å².